The van der Waals surface area contributed by atoms with Crippen LogP contribution in [0.4, 0.5) is 4.39 Å². The molecule has 3 rings (SSSR count). The number of rotatable bonds is 5. The van der Waals surface area contributed by atoms with Crippen molar-refractivity contribution < 1.29 is 13.6 Å². The number of benzene rings is 2. The molecule has 0 saturated carbocycles. The molecule has 1 amide bonds. The van der Waals surface area contributed by atoms with E-state index < -0.39 is 0 Å². The number of hydrazone groups is 1. The summed E-state index contributed by atoms with van der Waals surface area (Å²) in [4.78, 5) is 11.8. The van der Waals surface area contributed by atoms with Crippen LogP contribution in [-0.4, -0.2) is 12.1 Å². The van der Waals surface area contributed by atoms with Crippen LogP contribution >= 0.6 is 15.9 Å². The van der Waals surface area contributed by atoms with E-state index in [4.69, 9.17) is 4.42 Å². The van der Waals surface area contributed by atoms with Gasteiger partial charge in [0.1, 0.15) is 17.3 Å². The predicted molar refractivity (Wildman–Crippen MR) is 97.7 cm³/mol. The summed E-state index contributed by atoms with van der Waals surface area (Å²) in [5.41, 5.74) is 4.12. The topological polar surface area (TPSA) is 54.6 Å². The minimum atomic E-state index is -0.300. The van der Waals surface area contributed by atoms with Crippen LogP contribution in [0.3, 0.4) is 0 Å². The zero-order valence-corrected chi connectivity index (χ0v) is 14.7. The maximum absolute atomic E-state index is 12.9. The van der Waals surface area contributed by atoms with Crippen LogP contribution in [0.5, 0.6) is 0 Å². The smallest absolute Gasteiger partial charge is 0.244 e. The van der Waals surface area contributed by atoms with E-state index in [1.54, 1.807) is 24.3 Å². The number of amides is 1. The van der Waals surface area contributed by atoms with Gasteiger partial charge in [-0.3, -0.25) is 4.79 Å². The summed E-state index contributed by atoms with van der Waals surface area (Å²) in [5, 5.41) is 3.89. The lowest BCUT2D eigenvalue weighted by atomic mass is 10.1. The summed E-state index contributed by atoms with van der Waals surface area (Å²) in [6, 6.07) is 17.0. The molecule has 1 heterocycles. The van der Waals surface area contributed by atoms with E-state index in [2.05, 4.69) is 26.5 Å². The van der Waals surface area contributed by atoms with Gasteiger partial charge in [0.25, 0.3) is 0 Å². The van der Waals surface area contributed by atoms with Crippen LogP contribution in [0.25, 0.3) is 11.3 Å². The Morgan fingerprint density at radius 1 is 1.08 bits per heavy atom. The van der Waals surface area contributed by atoms with Crippen molar-refractivity contribution in [3.63, 3.8) is 0 Å². The SMILES string of the molecule is O=C(Cc1ccc(Br)cc1)N/N=C/c1ccc(-c2ccc(F)cc2)o1. The lowest BCUT2D eigenvalue weighted by Gasteiger charge is -2.00. The average Bonchev–Trinajstić information content (AvgIpc) is 3.06. The van der Waals surface area contributed by atoms with E-state index in [1.165, 1.54) is 18.3 Å². The van der Waals surface area contributed by atoms with Gasteiger partial charge in [-0.25, -0.2) is 9.82 Å². The first kappa shape index (κ1) is 17.1. The van der Waals surface area contributed by atoms with Gasteiger partial charge in [0.05, 0.1) is 12.6 Å². The molecule has 0 unspecified atom stereocenters. The molecular weight excluding hydrogens is 387 g/mol. The first-order chi connectivity index (χ1) is 12.1. The summed E-state index contributed by atoms with van der Waals surface area (Å²) in [6.45, 7) is 0. The van der Waals surface area contributed by atoms with Crippen molar-refractivity contribution in [2.75, 3.05) is 0 Å². The molecule has 25 heavy (non-hydrogen) atoms. The number of furan rings is 1. The Hall–Kier alpha value is -2.73. The molecule has 6 heteroatoms. The van der Waals surface area contributed by atoms with Crippen molar-refractivity contribution in [3.05, 3.63) is 82.3 Å². The third kappa shape index (κ3) is 4.87. The second-order valence-electron chi connectivity index (χ2n) is 5.31. The van der Waals surface area contributed by atoms with Gasteiger partial charge in [0.15, 0.2) is 0 Å². The summed E-state index contributed by atoms with van der Waals surface area (Å²) in [7, 11) is 0. The number of hydrogen-bond donors (Lipinski definition) is 1. The van der Waals surface area contributed by atoms with E-state index in [0.29, 0.717) is 11.5 Å². The number of hydrogen-bond acceptors (Lipinski definition) is 3. The summed E-state index contributed by atoms with van der Waals surface area (Å²) in [6.07, 6.45) is 1.66. The molecule has 0 saturated heterocycles. The Bertz CT molecular complexity index is 887. The lowest BCUT2D eigenvalue weighted by molar-refractivity contribution is -0.120. The highest BCUT2D eigenvalue weighted by Crippen LogP contribution is 2.21. The van der Waals surface area contributed by atoms with Gasteiger partial charge in [-0.2, -0.15) is 5.10 Å². The fraction of sp³-hybridized carbons (Fsp3) is 0.0526. The van der Waals surface area contributed by atoms with Crippen LogP contribution in [-0.2, 0) is 11.2 Å². The molecule has 0 bridgehead atoms. The molecule has 4 nitrogen and oxygen atoms in total. The molecule has 0 radical (unpaired) electrons. The van der Waals surface area contributed by atoms with E-state index in [-0.39, 0.29) is 18.1 Å². The molecule has 126 valence electrons. The molecular formula is C19H14BrFN2O2. The summed E-state index contributed by atoms with van der Waals surface area (Å²) >= 11 is 3.35. The summed E-state index contributed by atoms with van der Waals surface area (Å²) in [5.74, 6) is 0.570. The maximum Gasteiger partial charge on any atom is 0.244 e. The first-order valence-corrected chi connectivity index (χ1v) is 8.31. The van der Waals surface area contributed by atoms with E-state index >= 15 is 0 Å². The standard InChI is InChI=1S/C19H14BrFN2O2/c20-15-5-1-13(2-6-15)11-19(24)23-22-12-17-9-10-18(25-17)14-3-7-16(21)8-4-14/h1-10,12H,11H2,(H,23,24)/b22-12+. The van der Waals surface area contributed by atoms with Crippen LogP contribution in [0.2, 0.25) is 0 Å². The van der Waals surface area contributed by atoms with Crippen LogP contribution in [0.15, 0.2) is 74.7 Å². The molecule has 1 N–H and O–H groups in total. The highest BCUT2D eigenvalue weighted by Gasteiger charge is 2.05. The third-order valence-electron chi connectivity index (χ3n) is 3.41. The van der Waals surface area contributed by atoms with E-state index in [0.717, 1.165) is 15.6 Å². The number of carbonyl (C=O) groups excluding carboxylic acids is 1. The largest absolute Gasteiger partial charge is 0.455 e. The Balaban J connectivity index is 1.56. The maximum atomic E-state index is 12.9. The Kier molecular flexibility index (Phi) is 5.40. The predicted octanol–water partition coefficient (Wildman–Crippen LogP) is 4.54. The third-order valence-corrected chi connectivity index (χ3v) is 3.94. The molecule has 0 fully saturated rings. The minimum Gasteiger partial charge on any atom is -0.455 e. The monoisotopic (exact) mass is 400 g/mol. The Morgan fingerprint density at radius 3 is 2.52 bits per heavy atom. The van der Waals surface area contributed by atoms with Gasteiger partial charge >= 0.3 is 0 Å². The molecule has 3 aromatic rings. The average molecular weight is 401 g/mol. The molecule has 0 aliphatic carbocycles. The van der Waals surface area contributed by atoms with Gasteiger partial charge in [0, 0.05) is 10.0 Å². The first-order valence-electron chi connectivity index (χ1n) is 7.52. The zero-order chi connectivity index (χ0) is 17.6. The molecule has 2 aromatic carbocycles. The fourth-order valence-corrected chi connectivity index (χ4v) is 2.45. The van der Waals surface area contributed by atoms with Crippen molar-refractivity contribution in [1.82, 2.24) is 5.43 Å². The highest BCUT2D eigenvalue weighted by molar-refractivity contribution is 9.10. The highest BCUT2D eigenvalue weighted by atomic mass is 79.9. The Labute approximate surface area is 152 Å². The number of nitrogens with one attached hydrogen (secondary N) is 1. The molecule has 0 atom stereocenters. The quantitative estimate of drug-likeness (QED) is 0.504. The summed E-state index contributed by atoms with van der Waals surface area (Å²) < 4.78 is 19.5. The van der Waals surface area contributed by atoms with Gasteiger partial charge in [-0.15, -0.1) is 0 Å². The van der Waals surface area contributed by atoms with Gasteiger partial charge in [-0.1, -0.05) is 28.1 Å². The molecule has 0 aliphatic rings. The Morgan fingerprint density at radius 2 is 1.80 bits per heavy atom. The number of halogens is 2. The van der Waals surface area contributed by atoms with Gasteiger partial charge < -0.3 is 4.42 Å². The lowest BCUT2D eigenvalue weighted by Crippen LogP contribution is -2.19. The van der Waals surface area contributed by atoms with Gasteiger partial charge in [-0.05, 0) is 54.1 Å². The van der Waals surface area contributed by atoms with Crippen LogP contribution in [0, 0.1) is 5.82 Å². The fourth-order valence-electron chi connectivity index (χ4n) is 2.19. The van der Waals surface area contributed by atoms with E-state index in [9.17, 15) is 9.18 Å². The van der Waals surface area contributed by atoms with Crippen molar-refractivity contribution in [2.45, 2.75) is 6.42 Å². The van der Waals surface area contributed by atoms with Crippen molar-refractivity contribution in [1.29, 1.82) is 0 Å². The minimum absolute atomic E-state index is 0.219. The number of carbonyl (C=O) groups is 1. The zero-order valence-electron chi connectivity index (χ0n) is 13.1. The van der Waals surface area contributed by atoms with Crippen molar-refractivity contribution in [2.24, 2.45) is 5.10 Å². The number of nitrogens with zero attached hydrogens (tertiary/aromatic N) is 1. The molecule has 1 aromatic heterocycles. The second-order valence-corrected chi connectivity index (χ2v) is 6.22. The normalized spacial score (nSPS) is 11.0. The van der Waals surface area contributed by atoms with E-state index in [1.807, 2.05) is 24.3 Å². The second kappa shape index (κ2) is 7.90. The van der Waals surface area contributed by atoms with Crippen molar-refractivity contribution in [3.8, 4) is 11.3 Å². The molecule has 0 spiro atoms. The van der Waals surface area contributed by atoms with Crippen LogP contribution < -0.4 is 5.43 Å². The molecule has 0 aliphatic heterocycles. The van der Waals surface area contributed by atoms with Gasteiger partial charge in [0.2, 0.25) is 5.91 Å². The van der Waals surface area contributed by atoms with Crippen LogP contribution in [0.1, 0.15) is 11.3 Å². The van der Waals surface area contributed by atoms with Crippen molar-refractivity contribution >= 4 is 28.1 Å².